The molecule has 0 amide bonds. The number of nitrogens with one attached hydrogen (secondary N) is 1. The van der Waals surface area contributed by atoms with Crippen LogP contribution in [0.4, 0.5) is 4.39 Å². The van der Waals surface area contributed by atoms with Crippen molar-refractivity contribution in [1.29, 1.82) is 0 Å². The lowest BCUT2D eigenvalue weighted by atomic mass is 10.1. The van der Waals surface area contributed by atoms with Crippen molar-refractivity contribution < 1.29 is 9.50 Å². The molecule has 1 atom stereocenters. The summed E-state index contributed by atoms with van der Waals surface area (Å²) in [4.78, 5) is 0. The van der Waals surface area contributed by atoms with Crippen LogP contribution in [0.15, 0.2) is 22.7 Å². The van der Waals surface area contributed by atoms with E-state index in [0.717, 1.165) is 10.0 Å². The zero-order chi connectivity index (χ0) is 12.0. The van der Waals surface area contributed by atoms with Crippen LogP contribution >= 0.6 is 15.9 Å². The van der Waals surface area contributed by atoms with E-state index in [2.05, 4.69) is 21.2 Å². The maximum atomic E-state index is 13.1. The number of hydrogen-bond donors (Lipinski definition) is 3. The van der Waals surface area contributed by atoms with Crippen LogP contribution in [0.3, 0.4) is 0 Å². The lowest BCUT2D eigenvalue weighted by Gasteiger charge is -2.18. The smallest absolute Gasteiger partial charge is 0.123 e. The Bertz CT molecular complexity index is 336. The molecule has 3 nitrogen and oxygen atoms in total. The van der Waals surface area contributed by atoms with E-state index in [1.54, 1.807) is 6.07 Å². The average Bonchev–Trinajstić information content (AvgIpc) is 2.28. The van der Waals surface area contributed by atoms with Crippen LogP contribution in [0.1, 0.15) is 18.0 Å². The highest BCUT2D eigenvalue weighted by Crippen LogP contribution is 2.23. The molecule has 0 aliphatic carbocycles. The molecule has 90 valence electrons. The summed E-state index contributed by atoms with van der Waals surface area (Å²) in [6.07, 6.45) is 0.656. The van der Waals surface area contributed by atoms with Gasteiger partial charge in [0.15, 0.2) is 0 Å². The first-order chi connectivity index (χ1) is 7.69. The van der Waals surface area contributed by atoms with Gasteiger partial charge in [-0.1, -0.05) is 15.9 Å². The molecule has 16 heavy (non-hydrogen) atoms. The largest absolute Gasteiger partial charge is 0.396 e. The van der Waals surface area contributed by atoms with Gasteiger partial charge in [-0.15, -0.1) is 0 Å². The SMILES string of the molecule is NCC(NCCCO)c1cc(F)ccc1Br. The fourth-order valence-electron chi connectivity index (χ4n) is 1.46. The number of hydrogen-bond acceptors (Lipinski definition) is 3. The second kappa shape index (κ2) is 6.96. The van der Waals surface area contributed by atoms with Crippen LogP contribution in [0.2, 0.25) is 0 Å². The Kier molecular flexibility index (Phi) is 5.90. The van der Waals surface area contributed by atoms with E-state index >= 15 is 0 Å². The van der Waals surface area contributed by atoms with Gasteiger partial charge in [-0.05, 0) is 36.7 Å². The average molecular weight is 291 g/mol. The molecule has 4 N–H and O–H groups in total. The van der Waals surface area contributed by atoms with Crippen molar-refractivity contribution in [3.05, 3.63) is 34.1 Å². The van der Waals surface area contributed by atoms with Crippen LogP contribution in [0, 0.1) is 5.82 Å². The normalized spacial score (nSPS) is 12.8. The Morgan fingerprint density at radius 1 is 1.50 bits per heavy atom. The Hall–Kier alpha value is -0.490. The van der Waals surface area contributed by atoms with Gasteiger partial charge in [-0.25, -0.2) is 4.39 Å². The molecule has 0 heterocycles. The summed E-state index contributed by atoms with van der Waals surface area (Å²) < 4.78 is 13.9. The third-order valence-corrected chi connectivity index (χ3v) is 3.02. The summed E-state index contributed by atoms with van der Waals surface area (Å²) in [6, 6.07) is 4.43. The molecular weight excluding hydrogens is 275 g/mol. The van der Waals surface area contributed by atoms with Gasteiger partial charge < -0.3 is 16.2 Å². The molecule has 0 saturated heterocycles. The van der Waals surface area contributed by atoms with Crippen molar-refractivity contribution in [1.82, 2.24) is 5.32 Å². The highest BCUT2D eigenvalue weighted by molar-refractivity contribution is 9.10. The minimum atomic E-state index is -0.277. The third-order valence-electron chi connectivity index (χ3n) is 2.29. The Balaban J connectivity index is 2.73. The highest BCUT2D eigenvalue weighted by Gasteiger charge is 2.12. The first kappa shape index (κ1) is 13.6. The van der Waals surface area contributed by atoms with Crippen LogP contribution in [-0.4, -0.2) is 24.8 Å². The topological polar surface area (TPSA) is 58.3 Å². The van der Waals surface area contributed by atoms with Crippen LogP contribution < -0.4 is 11.1 Å². The Morgan fingerprint density at radius 2 is 2.25 bits per heavy atom. The summed E-state index contributed by atoms with van der Waals surface area (Å²) in [5.41, 5.74) is 6.44. The van der Waals surface area contributed by atoms with Crippen LogP contribution in [-0.2, 0) is 0 Å². The van der Waals surface area contributed by atoms with Crippen molar-refractivity contribution in [3.63, 3.8) is 0 Å². The van der Waals surface area contributed by atoms with Crippen LogP contribution in [0.25, 0.3) is 0 Å². The molecule has 1 unspecified atom stereocenters. The number of rotatable bonds is 6. The van der Waals surface area contributed by atoms with E-state index in [1.165, 1.54) is 12.1 Å². The second-order valence-electron chi connectivity index (χ2n) is 3.49. The monoisotopic (exact) mass is 290 g/mol. The van der Waals surface area contributed by atoms with Gasteiger partial charge in [-0.2, -0.15) is 0 Å². The van der Waals surface area contributed by atoms with E-state index in [9.17, 15) is 4.39 Å². The molecule has 0 radical (unpaired) electrons. The minimum absolute atomic E-state index is 0.100. The molecule has 5 heteroatoms. The maximum absolute atomic E-state index is 13.1. The molecule has 0 bridgehead atoms. The molecule has 1 aromatic rings. The quantitative estimate of drug-likeness (QED) is 0.697. The summed E-state index contributed by atoms with van der Waals surface area (Å²) in [5.74, 6) is -0.277. The van der Waals surface area contributed by atoms with Gasteiger partial charge in [0, 0.05) is 23.7 Å². The Labute approximate surface area is 103 Å². The van der Waals surface area contributed by atoms with Gasteiger partial charge >= 0.3 is 0 Å². The number of halogens is 2. The fourth-order valence-corrected chi connectivity index (χ4v) is 1.98. The Morgan fingerprint density at radius 3 is 2.88 bits per heavy atom. The minimum Gasteiger partial charge on any atom is -0.396 e. The van der Waals surface area contributed by atoms with Gasteiger partial charge in [-0.3, -0.25) is 0 Å². The first-order valence-electron chi connectivity index (χ1n) is 5.18. The molecule has 1 aromatic carbocycles. The van der Waals surface area contributed by atoms with Gasteiger partial charge in [0.1, 0.15) is 5.82 Å². The van der Waals surface area contributed by atoms with Crippen molar-refractivity contribution >= 4 is 15.9 Å². The lowest BCUT2D eigenvalue weighted by molar-refractivity contribution is 0.283. The van der Waals surface area contributed by atoms with Gasteiger partial charge in [0.05, 0.1) is 0 Å². The molecule has 0 aromatic heterocycles. The summed E-state index contributed by atoms with van der Waals surface area (Å²) in [7, 11) is 0. The standard InChI is InChI=1S/C11H16BrFN2O/c12-10-3-2-8(13)6-9(10)11(7-14)15-4-1-5-16/h2-3,6,11,15-16H,1,4-5,7,14H2. The summed E-state index contributed by atoms with van der Waals surface area (Å²) in [6.45, 7) is 1.17. The summed E-state index contributed by atoms with van der Waals surface area (Å²) >= 11 is 3.37. The molecule has 1 rings (SSSR count). The molecule has 0 aliphatic rings. The van der Waals surface area contributed by atoms with E-state index in [1.807, 2.05) is 0 Å². The number of benzene rings is 1. The van der Waals surface area contributed by atoms with E-state index in [-0.39, 0.29) is 18.5 Å². The zero-order valence-electron chi connectivity index (χ0n) is 8.92. The molecule has 0 aliphatic heterocycles. The fraction of sp³-hybridized carbons (Fsp3) is 0.455. The number of aliphatic hydroxyl groups excluding tert-OH is 1. The number of aliphatic hydroxyl groups is 1. The maximum Gasteiger partial charge on any atom is 0.123 e. The third kappa shape index (κ3) is 3.83. The second-order valence-corrected chi connectivity index (χ2v) is 4.34. The molecular formula is C11H16BrFN2O. The first-order valence-corrected chi connectivity index (χ1v) is 5.97. The van der Waals surface area contributed by atoms with Gasteiger partial charge in [0.25, 0.3) is 0 Å². The highest BCUT2D eigenvalue weighted by atomic mass is 79.9. The molecule has 0 spiro atoms. The predicted molar refractivity (Wildman–Crippen MR) is 65.6 cm³/mol. The van der Waals surface area contributed by atoms with Crippen molar-refractivity contribution in [2.24, 2.45) is 5.73 Å². The van der Waals surface area contributed by atoms with E-state index in [0.29, 0.717) is 19.5 Å². The van der Waals surface area contributed by atoms with Crippen molar-refractivity contribution in [2.45, 2.75) is 12.5 Å². The van der Waals surface area contributed by atoms with Crippen molar-refractivity contribution in [2.75, 3.05) is 19.7 Å². The van der Waals surface area contributed by atoms with E-state index in [4.69, 9.17) is 10.8 Å². The van der Waals surface area contributed by atoms with Crippen molar-refractivity contribution in [3.8, 4) is 0 Å². The predicted octanol–water partition coefficient (Wildman–Crippen LogP) is 1.56. The van der Waals surface area contributed by atoms with Crippen LogP contribution in [0.5, 0.6) is 0 Å². The summed E-state index contributed by atoms with van der Waals surface area (Å²) in [5, 5.41) is 11.9. The van der Waals surface area contributed by atoms with Gasteiger partial charge in [0.2, 0.25) is 0 Å². The molecule has 0 saturated carbocycles. The lowest BCUT2D eigenvalue weighted by Crippen LogP contribution is -2.29. The molecule has 0 fully saturated rings. The van der Waals surface area contributed by atoms with E-state index < -0.39 is 0 Å². The zero-order valence-corrected chi connectivity index (χ0v) is 10.5. The number of nitrogens with two attached hydrogens (primary N) is 1.